The highest BCUT2D eigenvalue weighted by Crippen LogP contribution is 2.17. The Bertz CT molecular complexity index is 902. The van der Waals surface area contributed by atoms with Gasteiger partial charge in [0.05, 0.1) is 0 Å². The number of carbonyl (C=O) groups is 3. The monoisotopic (exact) mass is 412 g/mol. The molecule has 8 nitrogen and oxygen atoms in total. The fourth-order valence-electron chi connectivity index (χ4n) is 2.46. The Morgan fingerprint density at radius 1 is 0.933 bits per heavy atom. The number of amides is 3. The molecule has 8 heteroatoms. The van der Waals surface area contributed by atoms with Gasteiger partial charge in [0, 0.05) is 36.7 Å². The second-order valence-corrected chi connectivity index (χ2v) is 7.88. The molecule has 0 fully saturated rings. The third-order valence-electron chi connectivity index (χ3n) is 3.84. The summed E-state index contributed by atoms with van der Waals surface area (Å²) in [5.74, 6) is -0.668. The number of hydrogen-bond acceptors (Lipinski definition) is 5. The van der Waals surface area contributed by atoms with Gasteiger partial charge < -0.3 is 25.6 Å². The molecule has 0 atom stereocenters. The van der Waals surface area contributed by atoms with Crippen molar-refractivity contribution in [1.29, 1.82) is 0 Å². The molecule has 0 spiro atoms. The standard InChI is InChI=1S/C22H28N4O4/c1-22(2,3)30-21(29)23-14-19(27)24-16-7-6-8-17(13-16)25-20(28)15-9-11-18(12-10-15)26(4)5/h6-13H,14H2,1-5H3,(H,23,29)(H,24,27)(H,25,28). The zero-order valence-corrected chi connectivity index (χ0v) is 17.9. The lowest BCUT2D eigenvalue weighted by Gasteiger charge is -2.19. The topological polar surface area (TPSA) is 99.8 Å². The van der Waals surface area contributed by atoms with Crippen LogP contribution in [0.3, 0.4) is 0 Å². The zero-order valence-electron chi connectivity index (χ0n) is 17.9. The quantitative estimate of drug-likeness (QED) is 0.675. The van der Waals surface area contributed by atoms with Gasteiger partial charge in [-0.25, -0.2) is 4.79 Å². The van der Waals surface area contributed by atoms with E-state index in [0.29, 0.717) is 16.9 Å². The molecule has 30 heavy (non-hydrogen) atoms. The lowest BCUT2D eigenvalue weighted by Crippen LogP contribution is -2.37. The van der Waals surface area contributed by atoms with E-state index < -0.39 is 17.6 Å². The number of benzene rings is 2. The number of alkyl carbamates (subject to hydrolysis) is 1. The first-order valence-electron chi connectivity index (χ1n) is 9.49. The summed E-state index contributed by atoms with van der Waals surface area (Å²) in [6, 6.07) is 14.0. The molecule has 0 aliphatic heterocycles. The van der Waals surface area contributed by atoms with Crippen LogP contribution in [0.5, 0.6) is 0 Å². The lowest BCUT2D eigenvalue weighted by atomic mass is 10.2. The van der Waals surface area contributed by atoms with Crippen molar-refractivity contribution in [2.24, 2.45) is 0 Å². The molecule has 0 aromatic heterocycles. The second-order valence-electron chi connectivity index (χ2n) is 7.88. The van der Waals surface area contributed by atoms with E-state index in [9.17, 15) is 14.4 Å². The molecule has 2 aromatic carbocycles. The zero-order chi connectivity index (χ0) is 22.3. The van der Waals surface area contributed by atoms with Gasteiger partial charge in [-0.05, 0) is 63.2 Å². The Morgan fingerprint density at radius 3 is 2.10 bits per heavy atom. The maximum atomic E-state index is 12.4. The normalized spacial score (nSPS) is 10.7. The van der Waals surface area contributed by atoms with Gasteiger partial charge in [0.15, 0.2) is 0 Å². The van der Waals surface area contributed by atoms with Crippen LogP contribution in [0.15, 0.2) is 48.5 Å². The van der Waals surface area contributed by atoms with Gasteiger partial charge in [0.2, 0.25) is 5.91 Å². The molecule has 2 aromatic rings. The first kappa shape index (κ1) is 22.7. The van der Waals surface area contributed by atoms with Gasteiger partial charge in [-0.2, -0.15) is 0 Å². The number of nitrogens with one attached hydrogen (secondary N) is 3. The molecular weight excluding hydrogens is 384 g/mol. The summed E-state index contributed by atoms with van der Waals surface area (Å²) in [7, 11) is 3.86. The first-order valence-corrected chi connectivity index (χ1v) is 9.49. The Labute approximate surface area is 176 Å². The van der Waals surface area contributed by atoms with Crippen LogP contribution in [0, 0.1) is 0 Å². The van der Waals surface area contributed by atoms with Crippen molar-refractivity contribution in [3.05, 3.63) is 54.1 Å². The maximum Gasteiger partial charge on any atom is 0.408 e. The van der Waals surface area contributed by atoms with Gasteiger partial charge in [-0.1, -0.05) is 6.07 Å². The predicted molar refractivity (Wildman–Crippen MR) is 118 cm³/mol. The molecule has 160 valence electrons. The maximum absolute atomic E-state index is 12.4. The van der Waals surface area contributed by atoms with Crippen molar-refractivity contribution in [3.63, 3.8) is 0 Å². The van der Waals surface area contributed by atoms with E-state index in [1.165, 1.54) is 0 Å². The second kappa shape index (κ2) is 9.78. The van der Waals surface area contributed by atoms with Crippen LogP contribution in [0.1, 0.15) is 31.1 Å². The van der Waals surface area contributed by atoms with Gasteiger partial charge in [0.1, 0.15) is 12.1 Å². The van der Waals surface area contributed by atoms with Crippen LogP contribution < -0.4 is 20.9 Å². The highest BCUT2D eigenvalue weighted by Gasteiger charge is 2.16. The van der Waals surface area contributed by atoms with E-state index >= 15 is 0 Å². The first-order chi connectivity index (χ1) is 14.0. The number of rotatable bonds is 6. The van der Waals surface area contributed by atoms with Gasteiger partial charge in [0.25, 0.3) is 5.91 Å². The average Bonchev–Trinajstić information content (AvgIpc) is 2.65. The minimum absolute atomic E-state index is 0.232. The third kappa shape index (κ3) is 7.46. The molecular formula is C22H28N4O4. The minimum atomic E-state index is -0.668. The van der Waals surface area contributed by atoms with Crippen LogP contribution >= 0.6 is 0 Å². The number of hydrogen-bond donors (Lipinski definition) is 3. The van der Waals surface area contributed by atoms with Crippen molar-refractivity contribution < 1.29 is 19.1 Å². The van der Waals surface area contributed by atoms with Crippen LogP contribution in [-0.2, 0) is 9.53 Å². The summed E-state index contributed by atoms with van der Waals surface area (Å²) in [4.78, 5) is 38.1. The number of ether oxygens (including phenoxy) is 1. The summed E-state index contributed by atoms with van der Waals surface area (Å²) >= 11 is 0. The lowest BCUT2D eigenvalue weighted by molar-refractivity contribution is -0.115. The fraction of sp³-hybridized carbons (Fsp3) is 0.318. The van der Waals surface area contributed by atoms with Crippen molar-refractivity contribution in [3.8, 4) is 0 Å². The van der Waals surface area contributed by atoms with E-state index in [2.05, 4.69) is 16.0 Å². The van der Waals surface area contributed by atoms with E-state index in [0.717, 1.165) is 5.69 Å². The number of anilines is 3. The Morgan fingerprint density at radius 2 is 1.53 bits per heavy atom. The SMILES string of the molecule is CN(C)c1ccc(C(=O)Nc2cccc(NC(=O)CNC(=O)OC(C)(C)C)c2)cc1. The molecule has 3 N–H and O–H groups in total. The molecule has 0 bridgehead atoms. The Balaban J connectivity index is 1.91. The highest BCUT2D eigenvalue weighted by atomic mass is 16.6. The van der Waals surface area contributed by atoms with Crippen LogP contribution in [-0.4, -0.2) is 44.1 Å². The minimum Gasteiger partial charge on any atom is -0.444 e. The third-order valence-corrected chi connectivity index (χ3v) is 3.84. The molecule has 0 aliphatic rings. The smallest absolute Gasteiger partial charge is 0.408 e. The summed E-state index contributed by atoms with van der Waals surface area (Å²) in [6.07, 6.45) is -0.668. The summed E-state index contributed by atoms with van der Waals surface area (Å²) in [5.41, 5.74) is 1.91. The van der Waals surface area contributed by atoms with Gasteiger partial charge >= 0.3 is 6.09 Å². The van der Waals surface area contributed by atoms with Crippen LogP contribution in [0.25, 0.3) is 0 Å². The molecule has 0 aliphatic carbocycles. The summed E-state index contributed by atoms with van der Waals surface area (Å²) in [5, 5.41) is 7.86. The van der Waals surface area contributed by atoms with Gasteiger partial charge in [-0.3, -0.25) is 9.59 Å². The predicted octanol–water partition coefficient (Wildman–Crippen LogP) is 3.47. The van der Waals surface area contributed by atoms with Crippen LogP contribution in [0.2, 0.25) is 0 Å². The van der Waals surface area contributed by atoms with E-state index in [1.54, 1.807) is 57.2 Å². The summed E-state index contributed by atoms with van der Waals surface area (Å²) in [6.45, 7) is 4.98. The van der Waals surface area contributed by atoms with E-state index in [-0.39, 0.29) is 12.5 Å². The molecule has 0 saturated heterocycles. The molecule has 0 unspecified atom stereocenters. The fourth-order valence-corrected chi connectivity index (χ4v) is 2.46. The van der Waals surface area contributed by atoms with Crippen molar-refractivity contribution >= 4 is 35.0 Å². The number of carbonyl (C=O) groups excluding carboxylic acids is 3. The highest BCUT2D eigenvalue weighted by molar-refractivity contribution is 6.05. The summed E-state index contributed by atoms with van der Waals surface area (Å²) < 4.78 is 5.08. The van der Waals surface area contributed by atoms with Crippen molar-refractivity contribution in [1.82, 2.24) is 5.32 Å². The van der Waals surface area contributed by atoms with Crippen LogP contribution in [0.4, 0.5) is 21.9 Å². The molecule has 3 amide bonds. The molecule has 0 saturated carbocycles. The average molecular weight is 412 g/mol. The van der Waals surface area contributed by atoms with E-state index in [4.69, 9.17) is 4.74 Å². The van der Waals surface area contributed by atoms with Gasteiger partial charge in [-0.15, -0.1) is 0 Å². The molecule has 2 rings (SSSR count). The van der Waals surface area contributed by atoms with Crippen molar-refractivity contribution in [2.75, 3.05) is 36.2 Å². The largest absolute Gasteiger partial charge is 0.444 e. The molecule has 0 radical (unpaired) electrons. The van der Waals surface area contributed by atoms with Crippen molar-refractivity contribution in [2.45, 2.75) is 26.4 Å². The van der Waals surface area contributed by atoms with E-state index in [1.807, 2.05) is 31.1 Å². The Kier molecular flexibility index (Phi) is 7.41. The molecule has 0 heterocycles. The number of nitrogens with zero attached hydrogens (tertiary/aromatic N) is 1. The Hall–Kier alpha value is -3.55.